The lowest BCUT2D eigenvalue weighted by atomic mass is 9.95. The first-order chi connectivity index (χ1) is 12.3. The van der Waals surface area contributed by atoms with Crippen LogP contribution in [0, 0.1) is 0 Å². The van der Waals surface area contributed by atoms with Gasteiger partial charge in [0.2, 0.25) is 5.91 Å². The molecule has 0 atom stereocenters. The lowest BCUT2D eigenvalue weighted by molar-refractivity contribution is -0.123. The standard InChI is InChI=1S/C17H25N7O/c25-17(19-14-4-2-1-3-5-14)12-22-8-10-23(11-9-22)16-7-6-15-20-18-13-24(15)21-16/h6-7,13-14H,1-5,8-12H2,(H,19,25). The van der Waals surface area contributed by atoms with E-state index >= 15 is 0 Å². The van der Waals surface area contributed by atoms with Crippen LogP contribution in [0.15, 0.2) is 18.5 Å². The summed E-state index contributed by atoms with van der Waals surface area (Å²) in [5.41, 5.74) is 0.752. The summed E-state index contributed by atoms with van der Waals surface area (Å²) >= 11 is 0. The smallest absolute Gasteiger partial charge is 0.234 e. The van der Waals surface area contributed by atoms with Crippen LogP contribution in [0.2, 0.25) is 0 Å². The molecule has 2 aromatic rings. The van der Waals surface area contributed by atoms with Gasteiger partial charge in [-0.3, -0.25) is 9.69 Å². The molecular formula is C17H25N7O. The predicted molar refractivity (Wildman–Crippen MR) is 94.5 cm³/mol. The number of fused-ring (bicyclic) bond motifs is 1. The Balaban J connectivity index is 1.26. The van der Waals surface area contributed by atoms with Gasteiger partial charge in [0.05, 0.1) is 6.54 Å². The number of nitrogens with one attached hydrogen (secondary N) is 1. The number of carbonyl (C=O) groups is 1. The second-order valence-electron chi connectivity index (χ2n) is 6.99. The molecule has 0 radical (unpaired) electrons. The molecule has 2 aliphatic rings. The first-order valence-corrected chi connectivity index (χ1v) is 9.22. The van der Waals surface area contributed by atoms with Crippen molar-refractivity contribution in [2.75, 3.05) is 37.6 Å². The van der Waals surface area contributed by atoms with Crippen molar-refractivity contribution in [2.24, 2.45) is 0 Å². The lowest BCUT2D eigenvalue weighted by Gasteiger charge is -2.35. The summed E-state index contributed by atoms with van der Waals surface area (Å²) < 4.78 is 1.69. The van der Waals surface area contributed by atoms with E-state index in [1.807, 2.05) is 12.1 Å². The molecule has 2 aromatic heterocycles. The van der Waals surface area contributed by atoms with Crippen LogP contribution in [0.3, 0.4) is 0 Å². The molecule has 0 bridgehead atoms. The van der Waals surface area contributed by atoms with Crippen LogP contribution in [-0.4, -0.2) is 69.4 Å². The number of hydrogen-bond donors (Lipinski definition) is 1. The Labute approximate surface area is 147 Å². The summed E-state index contributed by atoms with van der Waals surface area (Å²) in [5.74, 6) is 1.10. The summed E-state index contributed by atoms with van der Waals surface area (Å²) in [6.07, 6.45) is 7.68. The van der Waals surface area contributed by atoms with Crippen LogP contribution in [0.1, 0.15) is 32.1 Å². The van der Waals surface area contributed by atoms with Gasteiger partial charge in [0, 0.05) is 32.2 Å². The van der Waals surface area contributed by atoms with E-state index in [-0.39, 0.29) is 5.91 Å². The first kappa shape index (κ1) is 16.3. The highest BCUT2D eigenvalue weighted by Crippen LogP contribution is 2.17. The average molecular weight is 343 g/mol. The van der Waals surface area contributed by atoms with Crippen LogP contribution in [0.4, 0.5) is 5.82 Å². The molecule has 3 heterocycles. The van der Waals surface area contributed by atoms with Gasteiger partial charge in [0.15, 0.2) is 5.65 Å². The highest BCUT2D eigenvalue weighted by atomic mass is 16.2. The Kier molecular flexibility index (Phi) is 4.78. The lowest BCUT2D eigenvalue weighted by Crippen LogP contribution is -2.51. The molecule has 1 aliphatic heterocycles. The molecule has 134 valence electrons. The van der Waals surface area contributed by atoms with Crippen molar-refractivity contribution >= 4 is 17.4 Å². The van der Waals surface area contributed by atoms with Gasteiger partial charge in [0.1, 0.15) is 12.1 Å². The summed E-state index contributed by atoms with van der Waals surface area (Å²) in [6.45, 7) is 4.00. The highest BCUT2D eigenvalue weighted by Gasteiger charge is 2.22. The van der Waals surface area contributed by atoms with Crippen LogP contribution in [-0.2, 0) is 4.79 Å². The Hall–Kier alpha value is -2.22. The third-order valence-corrected chi connectivity index (χ3v) is 5.18. The van der Waals surface area contributed by atoms with Gasteiger partial charge in [-0.15, -0.1) is 15.3 Å². The Bertz CT molecular complexity index is 717. The fourth-order valence-electron chi connectivity index (χ4n) is 3.75. The third-order valence-electron chi connectivity index (χ3n) is 5.18. The molecule has 0 unspecified atom stereocenters. The molecule has 2 fully saturated rings. The minimum atomic E-state index is 0.171. The van der Waals surface area contributed by atoms with E-state index in [0.29, 0.717) is 12.6 Å². The molecular weight excluding hydrogens is 318 g/mol. The van der Waals surface area contributed by atoms with Crippen molar-refractivity contribution in [3.63, 3.8) is 0 Å². The zero-order chi connectivity index (χ0) is 17.1. The number of anilines is 1. The van der Waals surface area contributed by atoms with Crippen molar-refractivity contribution in [3.05, 3.63) is 18.5 Å². The topological polar surface area (TPSA) is 78.7 Å². The second-order valence-corrected chi connectivity index (χ2v) is 6.99. The molecule has 0 spiro atoms. The van der Waals surface area contributed by atoms with Crippen LogP contribution < -0.4 is 10.2 Å². The summed E-state index contributed by atoms with van der Waals surface area (Å²) in [7, 11) is 0. The van der Waals surface area contributed by atoms with Gasteiger partial charge >= 0.3 is 0 Å². The number of rotatable bonds is 4. The second kappa shape index (κ2) is 7.35. The maximum absolute atomic E-state index is 12.3. The van der Waals surface area contributed by atoms with Crippen molar-refractivity contribution in [3.8, 4) is 0 Å². The third kappa shape index (κ3) is 3.89. The normalized spacial score (nSPS) is 20.1. The number of aromatic nitrogens is 4. The monoisotopic (exact) mass is 343 g/mol. The van der Waals surface area contributed by atoms with Crippen LogP contribution in [0.25, 0.3) is 5.65 Å². The van der Waals surface area contributed by atoms with Gasteiger partial charge in [-0.25, -0.2) is 0 Å². The Morgan fingerprint density at radius 2 is 1.92 bits per heavy atom. The van der Waals surface area contributed by atoms with E-state index in [4.69, 9.17) is 0 Å². The van der Waals surface area contributed by atoms with E-state index in [2.05, 4.69) is 30.4 Å². The molecule has 1 aliphatic carbocycles. The fourth-order valence-corrected chi connectivity index (χ4v) is 3.75. The van der Waals surface area contributed by atoms with E-state index in [1.54, 1.807) is 10.8 Å². The Morgan fingerprint density at radius 1 is 1.12 bits per heavy atom. The number of nitrogens with zero attached hydrogens (tertiary/aromatic N) is 6. The highest BCUT2D eigenvalue weighted by molar-refractivity contribution is 5.78. The predicted octanol–water partition coefficient (Wildman–Crippen LogP) is 0.695. The Morgan fingerprint density at radius 3 is 2.72 bits per heavy atom. The van der Waals surface area contributed by atoms with E-state index in [1.165, 1.54) is 19.3 Å². The zero-order valence-electron chi connectivity index (χ0n) is 14.5. The molecule has 1 N–H and O–H groups in total. The van der Waals surface area contributed by atoms with Crippen molar-refractivity contribution in [1.82, 2.24) is 30.0 Å². The average Bonchev–Trinajstić information content (AvgIpc) is 3.11. The van der Waals surface area contributed by atoms with E-state index in [0.717, 1.165) is 50.5 Å². The van der Waals surface area contributed by atoms with E-state index in [9.17, 15) is 4.79 Å². The minimum absolute atomic E-state index is 0.171. The zero-order valence-corrected chi connectivity index (χ0v) is 14.5. The largest absolute Gasteiger partial charge is 0.353 e. The molecule has 4 rings (SSSR count). The van der Waals surface area contributed by atoms with Gasteiger partial charge in [-0.2, -0.15) is 4.52 Å². The van der Waals surface area contributed by atoms with Gasteiger partial charge in [0.25, 0.3) is 0 Å². The van der Waals surface area contributed by atoms with Gasteiger partial charge in [-0.1, -0.05) is 19.3 Å². The quantitative estimate of drug-likeness (QED) is 0.880. The maximum Gasteiger partial charge on any atom is 0.234 e. The molecule has 8 nitrogen and oxygen atoms in total. The number of amides is 1. The molecule has 25 heavy (non-hydrogen) atoms. The van der Waals surface area contributed by atoms with Crippen LogP contribution in [0.5, 0.6) is 0 Å². The van der Waals surface area contributed by atoms with Crippen molar-refractivity contribution in [2.45, 2.75) is 38.1 Å². The summed E-state index contributed by atoms with van der Waals surface area (Å²) in [5, 5.41) is 15.6. The molecule has 1 saturated carbocycles. The minimum Gasteiger partial charge on any atom is -0.353 e. The van der Waals surface area contributed by atoms with Crippen molar-refractivity contribution in [1.29, 1.82) is 0 Å². The van der Waals surface area contributed by atoms with Crippen LogP contribution >= 0.6 is 0 Å². The summed E-state index contributed by atoms with van der Waals surface area (Å²) in [4.78, 5) is 16.7. The maximum atomic E-state index is 12.3. The van der Waals surface area contributed by atoms with Gasteiger partial charge in [-0.05, 0) is 25.0 Å². The first-order valence-electron chi connectivity index (χ1n) is 9.22. The SMILES string of the molecule is O=C(CN1CCN(c2ccc3nncn3n2)CC1)NC1CCCCC1. The van der Waals surface area contributed by atoms with Crippen molar-refractivity contribution < 1.29 is 4.79 Å². The molecule has 8 heteroatoms. The number of hydrogen-bond acceptors (Lipinski definition) is 6. The number of carbonyl (C=O) groups excluding carboxylic acids is 1. The number of piperazine rings is 1. The van der Waals surface area contributed by atoms with E-state index < -0.39 is 0 Å². The summed E-state index contributed by atoms with van der Waals surface area (Å²) in [6, 6.07) is 4.30. The molecule has 1 saturated heterocycles. The molecule has 1 amide bonds. The van der Waals surface area contributed by atoms with Gasteiger partial charge < -0.3 is 10.2 Å². The molecule has 0 aromatic carbocycles. The fraction of sp³-hybridized carbons (Fsp3) is 0.647.